The molecule has 2 N–H and O–H groups in total. The highest BCUT2D eigenvalue weighted by atomic mass is 16.6. The number of nitrogens with zero attached hydrogens (tertiary/aromatic N) is 1. The van der Waals surface area contributed by atoms with Crippen LogP contribution in [0.5, 0.6) is 0 Å². The van der Waals surface area contributed by atoms with E-state index in [4.69, 9.17) is 19.9 Å². The Kier molecular flexibility index (Phi) is 22.2. The smallest absolute Gasteiger partial charge is 0.303 e. The lowest BCUT2D eigenvalue weighted by Crippen LogP contribution is -2.46. The van der Waals surface area contributed by atoms with Crippen LogP contribution < -0.4 is 5.73 Å². The maximum Gasteiger partial charge on any atom is 0.303 e. The number of likely N-dealkylation sites (N-methyl/N-ethyl adjacent to an activating group) is 1. The molecule has 214 valence electrons. The van der Waals surface area contributed by atoms with Crippen molar-refractivity contribution in [1.29, 1.82) is 0 Å². The molecule has 2 unspecified atom stereocenters. The third-order valence-electron chi connectivity index (χ3n) is 6.42. The highest BCUT2D eigenvalue weighted by molar-refractivity contribution is 5.80. The number of primary amides is 1. The van der Waals surface area contributed by atoms with Gasteiger partial charge in [0.05, 0.1) is 34.4 Å². The second-order valence-corrected chi connectivity index (χ2v) is 11.2. The number of esters is 1. The van der Waals surface area contributed by atoms with Gasteiger partial charge in [0, 0.05) is 13.5 Å². The molecule has 36 heavy (non-hydrogen) atoms. The van der Waals surface area contributed by atoms with Gasteiger partial charge in [0.1, 0.15) is 6.54 Å². The number of nitrogens with two attached hydrogens (primary N) is 1. The average Bonchev–Trinajstić information content (AvgIpc) is 2.79. The molecule has 0 spiro atoms. The molecule has 0 aromatic rings. The van der Waals surface area contributed by atoms with E-state index >= 15 is 0 Å². The number of rotatable bonds is 26. The van der Waals surface area contributed by atoms with Crippen LogP contribution in [0.4, 0.5) is 0 Å². The lowest BCUT2D eigenvalue weighted by atomic mass is 10.0. The van der Waals surface area contributed by atoms with Crippen LogP contribution in [0, 0.1) is 0 Å². The first kappa shape index (κ1) is 34.8. The molecule has 0 rings (SSSR count). The first-order chi connectivity index (χ1) is 17.2. The van der Waals surface area contributed by atoms with Crippen LogP contribution in [0.25, 0.3) is 0 Å². The van der Waals surface area contributed by atoms with Gasteiger partial charge in [-0.25, -0.2) is 0 Å². The van der Waals surface area contributed by atoms with Crippen LogP contribution in [0.15, 0.2) is 0 Å². The Morgan fingerprint density at radius 1 is 0.722 bits per heavy atom. The molecule has 0 aromatic carbocycles. The molecular formula is C29H59N2O5+. The number of hydrogen-bond donors (Lipinski definition) is 1. The summed E-state index contributed by atoms with van der Waals surface area (Å²) in [6.07, 6.45) is 19.0. The van der Waals surface area contributed by atoms with Crippen molar-refractivity contribution >= 4 is 11.9 Å². The van der Waals surface area contributed by atoms with Crippen molar-refractivity contribution in [3.8, 4) is 0 Å². The van der Waals surface area contributed by atoms with Crippen molar-refractivity contribution in [3.63, 3.8) is 0 Å². The number of amides is 1. The van der Waals surface area contributed by atoms with Crippen molar-refractivity contribution in [2.45, 2.75) is 129 Å². The number of ether oxygens (including phenoxy) is 3. The Morgan fingerprint density at radius 3 is 1.56 bits per heavy atom. The fraction of sp³-hybridized carbons (Fsp3) is 0.931. The third-order valence-corrected chi connectivity index (χ3v) is 6.42. The maximum atomic E-state index is 12.0. The van der Waals surface area contributed by atoms with Crippen LogP contribution in [0.2, 0.25) is 0 Å². The van der Waals surface area contributed by atoms with Crippen LogP contribution >= 0.6 is 0 Å². The highest BCUT2D eigenvalue weighted by Gasteiger charge is 2.30. The van der Waals surface area contributed by atoms with Crippen LogP contribution in [-0.2, 0) is 23.8 Å². The third kappa shape index (κ3) is 23.2. The van der Waals surface area contributed by atoms with Crippen molar-refractivity contribution in [2.75, 3.05) is 47.5 Å². The number of unbranched alkanes of at least 4 members (excludes halogenated alkanes) is 15. The zero-order valence-corrected chi connectivity index (χ0v) is 24.4. The molecule has 0 saturated carbocycles. The number of hydrogen-bond acceptors (Lipinski definition) is 5. The Morgan fingerprint density at radius 2 is 1.17 bits per heavy atom. The number of carbonyl (C=O) groups excluding carboxylic acids is 2. The van der Waals surface area contributed by atoms with E-state index in [9.17, 15) is 9.59 Å². The minimum absolute atomic E-state index is 0.0894. The zero-order chi connectivity index (χ0) is 27.1. The number of carbonyl (C=O) groups is 2. The highest BCUT2D eigenvalue weighted by Crippen LogP contribution is 2.14. The summed E-state index contributed by atoms with van der Waals surface area (Å²) in [7, 11) is 6.21. The number of quaternary nitrogens is 1. The molecular weight excluding hydrogens is 456 g/mol. The molecule has 0 fully saturated rings. The van der Waals surface area contributed by atoms with Gasteiger partial charge in [0.25, 0.3) is 5.91 Å². The predicted octanol–water partition coefficient (Wildman–Crippen LogP) is 5.77. The molecule has 0 bridgehead atoms. The largest absolute Gasteiger partial charge is 0.457 e. The zero-order valence-electron chi connectivity index (χ0n) is 24.4. The molecule has 0 saturated heterocycles. The lowest BCUT2D eigenvalue weighted by molar-refractivity contribution is -0.870. The van der Waals surface area contributed by atoms with E-state index in [1.807, 2.05) is 0 Å². The van der Waals surface area contributed by atoms with E-state index in [0.29, 0.717) is 13.2 Å². The van der Waals surface area contributed by atoms with Gasteiger partial charge in [-0.3, -0.25) is 9.59 Å². The van der Waals surface area contributed by atoms with Crippen LogP contribution in [0.3, 0.4) is 0 Å². The van der Waals surface area contributed by atoms with E-state index in [1.165, 1.54) is 96.8 Å². The molecule has 2 atom stereocenters. The van der Waals surface area contributed by atoms with Gasteiger partial charge in [0.2, 0.25) is 0 Å². The lowest BCUT2D eigenvalue weighted by Gasteiger charge is -2.26. The second kappa shape index (κ2) is 23.0. The van der Waals surface area contributed by atoms with E-state index in [0.717, 1.165) is 23.9 Å². The molecule has 7 nitrogen and oxygen atoms in total. The Bertz CT molecular complexity index is 536. The van der Waals surface area contributed by atoms with E-state index < -0.39 is 24.1 Å². The summed E-state index contributed by atoms with van der Waals surface area (Å²) in [6.45, 7) is 5.38. The molecule has 0 radical (unpaired) electrons. The average molecular weight is 516 g/mol. The summed E-state index contributed by atoms with van der Waals surface area (Å²) < 4.78 is 17.5. The molecule has 0 heterocycles. The van der Waals surface area contributed by atoms with Crippen molar-refractivity contribution < 1.29 is 28.3 Å². The van der Waals surface area contributed by atoms with Gasteiger partial charge >= 0.3 is 5.97 Å². The van der Waals surface area contributed by atoms with Crippen LogP contribution in [0.1, 0.15) is 117 Å². The summed E-state index contributed by atoms with van der Waals surface area (Å²) >= 11 is 0. The molecule has 0 aliphatic carbocycles. The Hall–Kier alpha value is -1.18. The fourth-order valence-corrected chi connectivity index (χ4v) is 4.17. The quantitative estimate of drug-likeness (QED) is 0.0897. The molecule has 0 aromatic heterocycles. The SMILES string of the molecule is CCCCCCCCCCCCCCCCCCOC(C(N)=O)C(COCC[N+](C)(C)C)OC(C)=O. The van der Waals surface area contributed by atoms with Gasteiger partial charge in [-0.05, 0) is 6.42 Å². The van der Waals surface area contributed by atoms with E-state index in [1.54, 1.807) is 0 Å². The van der Waals surface area contributed by atoms with E-state index in [2.05, 4.69) is 28.1 Å². The summed E-state index contributed by atoms with van der Waals surface area (Å²) in [4.78, 5) is 23.5. The Labute approximate surface area is 222 Å². The van der Waals surface area contributed by atoms with E-state index in [-0.39, 0.29) is 6.61 Å². The molecule has 0 aliphatic heterocycles. The Balaban J connectivity index is 3.88. The second-order valence-electron chi connectivity index (χ2n) is 11.2. The van der Waals surface area contributed by atoms with Gasteiger partial charge < -0.3 is 24.4 Å². The minimum atomic E-state index is -0.991. The monoisotopic (exact) mass is 515 g/mol. The topological polar surface area (TPSA) is 87.8 Å². The molecule has 0 aliphatic rings. The molecule has 7 heteroatoms. The van der Waals surface area contributed by atoms with Gasteiger partial charge in [-0.1, -0.05) is 103 Å². The standard InChI is InChI=1S/C29H58N2O5/c1-6-7-8-9-10-11-12-13-14-15-16-17-18-19-20-21-23-35-28(29(30)33)27(36-26(2)32)25-34-24-22-31(3,4)5/h27-28H,6-25H2,1-5H3,(H-,30,33)/p+1. The summed E-state index contributed by atoms with van der Waals surface area (Å²) in [5.74, 6) is -1.11. The van der Waals surface area contributed by atoms with Gasteiger partial charge in [-0.2, -0.15) is 0 Å². The first-order valence-electron chi connectivity index (χ1n) is 14.6. The van der Waals surface area contributed by atoms with Crippen molar-refractivity contribution in [1.82, 2.24) is 0 Å². The van der Waals surface area contributed by atoms with Crippen molar-refractivity contribution in [2.24, 2.45) is 5.73 Å². The predicted molar refractivity (Wildman–Crippen MR) is 148 cm³/mol. The first-order valence-corrected chi connectivity index (χ1v) is 14.6. The van der Waals surface area contributed by atoms with Gasteiger partial charge in [-0.15, -0.1) is 0 Å². The summed E-state index contributed by atoms with van der Waals surface area (Å²) in [6, 6.07) is 0. The van der Waals surface area contributed by atoms with Gasteiger partial charge in [0.15, 0.2) is 12.2 Å². The normalized spacial score (nSPS) is 13.5. The minimum Gasteiger partial charge on any atom is -0.457 e. The molecule has 1 amide bonds. The fourth-order valence-electron chi connectivity index (χ4n) is 4.17. The van der Waals surface area contributed by atoms with Crippen LogP contribution in [-0.4, -0.2) is 76.1 Å². The summed E-state index contributed by atoms with van der Waals surface area (Å²) in [5.41, 5.74) is 5.54. The summed E-state index contributed by atoms with van der Waals surface area (Å²) in [5, 5.41) is 0. The van der Waals surface area contributed by atoms with Crippen molar-refractivity contribution in [3.05, 3.63) is 0 Å². The maximum absolute atomic E-state index is 12.0.